The second-order valence-electron chi connectivity index (χ2n) is 5.29. The molecule has 0 aliphatic heterocycles. The Balaban J connectivity index is 1.82. The van der Waals surface area contributed by atoms with Gasteiger partial charge in [-0.1, -0.05) is 42.3 Å². The molecule has 0 radical (unpaired) electrons. The number of benzene rings is 2. The van der Waals surface area contributed by atoms with Crippen molar-refractivity contribution in [3.8, 4) is 11.6 Å². The molecule has 0 fully saturated rings. The number of aryl methyl sites for hydroxylation is 1. The number of rotatable bonds is 5. The van der Waals surface area contributed by atoms with Crippen LogP contribution in [0, 0.1) is 0 Å². The Morgan fingerprint density at radius 3 is 2.48 bits per heavy atom. The van der Waals surface area contributed by atoms with E-state index >= 15 is 0 Å². The fraction of sp³-hybridized carbons (Fsp3) is 0.111. The van der Waals surface area contributed by atoms with Gasteiger partial charge in [-0.15, -0.1) is 0 Å². The molecule has 0 saturated heterocycles. The number of hydrogen-bond donors (Lipinski definition) is 2. The van der Waals surface area contributed by atoms with E-state index in [0.717, 1.165) is 6.42 Å². The first kappa shape index (κ1) is 17.3. The maximum Gasteiger partial charge on any atom is 0.248 e. The summed E-state index contributed by atoms with van der Waals surface area (Å²) in [5.74, 6) is 1.36. The Kier molecular flexibility index (Phi) is 5.26. The van der Waals surface area contributed by atoms with E-state index in [1.54, 1.807) is 18.2 Å². The zero-order chi connectivity index (χ0) is 17.8. The second-order valence-corrected chi connectivity index (χ2v) is 6.11. The zero-order valence-electron chi connectivity index (χ0n) is 13.5. The summed E-state index contributed by atoms with van der Waals surface area (Å²) in [6, 6.07) is 12.9. The topological polar surface area (TPSA) is 73.1 Å². The molecule has 128 valence electrons. The van der Waals surface area contributed by atoms with E-state index in [0.29, 0.717) is 33.0 Å². The molecule has 3 rings (SSSR count). The monoisotopic (exact) mass is 374 g/mol. The van der Waals surface area contributed by atoms with Crippen LogP contribution in [0.25, 0.3) is 0 Å². The summed E-state index contributed by atoms with van der Waals surface area (Å²) < 4.78 is 5.77. The summed E-state index contributed by atoms with van der Waals surface area (Å²) in [5.41, 5.74) is 8.36. The normalized spacial score (nSPS) is 10.5. The van der Waals surface area contributed by atoms with Crippen LogP contribution in [0.5, 0.6) is 11.6 Å². The highest BCUT2D eigenvalue weighted by Gasteiger charge is 2.11. The number of nitrogens with one attached hydrogen (secondary N) is 1. The van der Waals surface area contributed by atoms with Crippen LogP contribution in [0.1, 0.15) is 12.5 Å². The smallest absolute Gasteiger partial charge is 0.248 e. The SMILES string of the molecule is CCc1ccc(Oc2ncnc(Nc3ccc(Cl)c(Cl)c3)c2N)cc1. The molecule has 1 heterocycles. The lowest BCUT2D eigenvalue weighted by molar-refractivity contribution is 0.464. The number of halogens is 2. The van der Waals surface area contributed by atoms with E-state index in [9.17, 15) is 0 Å². The van der Waals surface area contributed by atoms with Crippen LogP contribution in [-0.2, 0) is 6.42 Å². The molecule has 5 nitrogen and oxygen atoms in total. The molecule has 25 heavy (non-hydrogen) atoms. The Bertz CT molecular complexity index is 885. The highest BCUT2D eigenvalue weighted by Crippen LogP contribution is 2.32. The minimum Gasteiger partial charge on any atom is -0.437 e. The molecule has 3 aromatic rings. The predicted molar refractivity (Wildman–Crippen MR) is 102 cm³/mol. The third kappa shape index (κ3) is 4.13. The van der Waals surface area contributed by atoms with Crippen molar-refractivity contribution in [2.45, 2.75) is 13.3 Å². The molecule has 0 aliphatic carbocycles. The van der Waals surface area contributed by atoms with Gasteiger partial charge >= 0.3 is 0 Å². The van der Waals surface area contributed by atoms with Gasteiger partial charge in [-0.2, -0.15) is 4.98 Å². The quantitative estimate of drug-likeness (QED) is 0.619. The van der Waals surface area contributed by atoms with Crippen LogP contribution in [-0.4, -0.2) is 9.97 Å². The van der Waals surface area contributed by atoms with E-state index in [2.05, 4.69) is 22.2 Å². The first-order chi connectivity index (χ1) is 12.1. The minimum absolute atomic E-state index is 0.279. The Morgan fingerprint density at radius 2 is 1.80 bits per heavy atom. The molecule has 0 aliphatic rings. The molecule has 3 N–H and O–H groups in total. The fourth-order valence-electron chi connectivity index (χ4n) is 2.18. The summed E-state index contributed by atoms with van der Waals surface area (Å²) in [7, 11) is 0. The molecule has 0 amide bonds. The lowest BCUT2D eigenvalue weighted by atomic mass is 10.2. The van der Waals surface area contributed by atoms with Gasteiger partial charge in [-0.05, 0) is 42.3 Å². The average Bonchev–Trinajstić information content (AvgIpc) is 2.62. The molecule has 7 heteroatoms. The summed E-state index contributed by atoms with van der Waals surface area (Å²) in [4.78, 5) is 8.26. The highest BCUT2D eigenvalue weighted by atomic mass is 35.5. The van der Waals surface area contributed by atoms with Crippen molar-refractivity contribution in [3.63, 3.8) is 0 Å². The van der Waals surface area contributed by atoms with E-state index in [1.165, 1.54) is 11.9 Å². The first-order valence-corrected chi connectivity index (χ1v) is 8.41. The molecule has 0 saturated carbocycles. The molecule has 2 aromatic carbocycles. The van der Waals surface area contributed by atoms with Crippen LogP contribution in [0.3, 0.4) is 0 Å². The van der Waals surface area contributed by atoms with E-state index < -0.39 is 0 Å². The van der Waals surface area contributed by atoms with Gasteiger partial charge in [-0.25, -0.2) is 4.98 Å². The van der Waals surface area contributed by atoms with Crippen molar-refractivity contribution in [2.24, 2.45) is 0 Å². The van der Waals surface area contributed by atoms with Crippen molar-refractivity contribution in [3.05, 3.63) is 64.4 Å². The van der Waals surface area contributed by atoms with Crippen molar-refractivity contribution in [2.75, 3.05) is 11.1 Å². The van der Waals surface area contributed by atoms with E-state index in [-0.39, 0.29) is 5.88 Å². The van der Waals surface area contributed by atoms with Crippen LogP contribution < -0.4 is 15.8 Å². The van der Waals surface area contributed by atoms with Gasteiger partial charge in [0.05, 0.1) is 10.0 Å². The number of aromatic nitrogens is 2. The molecule has 0 unspecified atom stereocenters. The van der Waals surface area contributed by atoms with Crippen molar-refractivity contribution in [1.29, 1.82) is 0 Å². The van der Waals surface area contributed by atoms with Crippen LogP contribution in [0.4, 0.5) is 17.2 Å². The molecule has 0 bridgehead atoms. The Labute approximate surface area is 155 Å². The molecular weight excluding hydrogens is 359 g/mol. The van der Waals surface area contributed by atoms with Gasteiger partial charge in [-0.3, -0.25) is 0 Å². The zero-order valence-corrected chi connectivity index (χ0v) is 15.0. The van der Waals surface area contributed by atoms with Gasteiger partial charge < -0.3 is 15.8 Å². The van der Waals surface area contributed by atoms with Gasteiger partial charge in [0.1, 0.15) is 17.8 Å². The van der Waals surface area contributed by atoms with Gasteiger partial charge in [0, 0.05) is 5.69 Å². The van der Waals surface area contributed by atoms with Crippen molar-refractivity contribution in [1.82, 2.24) is 9.97 Å². The van der Waals surface area contributed by atoms with Gasteiger partial charge in [0.25, 0.3) is 0 Å². The average molecular weight is 375 g/mol. The minimum atomic E-state index is 0.279. The largest absolute Gasteiger partial charge is 0.437 e. The maximum atomic E-state index is 6.13. The number of anilines is 3. The Hall–Kier alpha value is -2.50. The van der Waals surface area contributed by atoms with E-state index in [1.807, 2.05) is 24.3 Å². The molecular formula is C18H16Cl2N4O. The lowest BCUT2D eigenvalue weighted by Gasteiger charge is -2.12. The van der Waals surface area contributed by atoms with Gasteiger partial charge in [0.2, 0.25) is 5.88 Å². The number of ether oxygens (including phenoxy) is 1. The maximum absolute atomic E-state index is 6.13. The summed E-state index contributed by atoms with van der Waals surface area (Å²) in [6.45, 7) is 2.10. The first-order valence-electron chi connectivity index (χ1n) is 7.66. The second kappa shape index (κ2) is 7.59. The van der Waals surface area contributed by atoms with Gasteiger partial charge in [0.15, 0.2) is 5.82 Å². The lowest BCUT2D eigenvalue weighted by Crippen LogP contribution is -2.03. The Morgan fingerprint density at radius 1 is 1.04 bits per heavy atom. The van der Waals surface area contributed by atoms with Crippen LogP contribution in [0.15, 0.2) is 48.8 Å². The summed E-state index contributed by atoms with van der Waals surface area (Å²) in [6.07, 6.45) is 2.35. The van der Waals surface area contributed by atoms with E-state index in [4.69, 9.17) is 33.7 Å². The molecule has 0 atom stereocenters. The van der Waals surface area contributed by atoms with Crippen LogP contribution >= 0.6 is 23.2 Å². The number of nitrogens with two attached hydrogens (primary N) is 1. The number of nitrogen functional groups attached to an aromatic ring is 1. The standard InChI is InChI=1S/C18H16Cl2N4O/c1-2-11-3-6-13(7-4-11)25-18-16(21)17(22-10-23-18)24-12-5-8-14(19)15(20)9-12/h3-10H,2,21H2,1H3,(H,22,23,24). The third-order valence-corrected chi connectivity index (χ3v) is 4.31. The predicted octanol–water partition coefficient (Wildman–Crippen LogP) is 5.46. The molecule has 1 aromatic heterocycles. The highest BCUT2D eigenvalue weighted by molar-refractivity contribution is 6.42. The third-order valence-electron chi connectivity index (χ3n) is 3.58. The fourth-order valence-corrected chi connectivity index (χ4v) is 2.47. The number of hydrogen-bond acceptors (Lipinski definition) is 5. The van der Waals surface area contributed by atoms with Crippen molar-refractivity contribution < 1.29 is 4.74 Å². The summed E-state index contributed by atoms with van der Waals surface area (Å²) in [5, 5.41) is 4.00. The molecule has 0 spiro atoms. The van der Waals surface area contributed by atoms with Crippen molar-refractivity contribution >= 4 is 40.4 Å². The summed E-state index contributed by atoms with van der Waals surface area (Å²) >= 11 is 11.9. The van der Waals surface area contributed by atoms with Crippen LogP contribution in [0.2, 0.25) is 10.0 Å². The number of nitrogens with zero attached hydrogens (tertiary/aromatic N) is 2.